The number of para-hydroxylation sites is 2. The first kappa shape index (κ1) is 16.4. The molecule has 6 nitrogen and oxygen atoms in total. The standard InChI is InChI=1S/C18H22N2O4/c1-12-17(24-16-8-5-4-7-15(16)23-12)18(21)19-11-13(20(2)3)14-9-6-10-22-14/h4-10,12-13,17H,11H2,1-3H3,(H,19,21)/t12-,13+,17-/m0/s1. The molecule has 1 aromatic heterocycles. The van der Waals surface area contributed by atoms with Crippen molar-refractivity contribution >= 4 is 5.91 Å². The van der Waals surface area contributed by atoms with Crippen molar-refractivity contribution < 1.29 is 18.7 Å². The molecule has 0 saturated carbocycles. The van der Waals surface area contributed by atoms with Crippen molar-refractivity contribution in [1.29, 1.82) is 0 Å². The fourth-order valence-corrected chi connectivity index (χ4v) is 2.72. The first-order valence-electron chi connectivity index (χ1n) is 7.96. The lowest BCUT2D eigenvalue weighted by Crippen LogP contribution is -2.50. The van der Waals surface area contributed by atoms with Crippen LogP contribution < -0.4 is 14.8 Å². The van der Waals surface area contributed by atoms with Crippen molar-refractivity contribution in [3.05, 3.63) is 48.4 Å². The van der Waals surface area contributed by atoms with Crippen LogP contribution in [0.2, 0.25) is 0 Å². The fraction of sp³-hybridized carbons (Fsp3) is 0.389. The first-order chi connectivity index (χ1) is 11.6. The molecular formula is C18H22N2O4. The van der Waals surface area contributed by atoms with Gasteiger partial charge in [0.05, 0.1) is 12.3 Å². The average molecular weight is 330 g/mol. The largest absolute Gasteiger partial charge is 0.482 e. The Morgan fingerprint density at radius 1 is 1.17 bits per heavy atom. The molecule has 0 aliphatic carbocycles. The van der Waals surface area contributed by atoms with Crippen molar-refractivity contribution in [2.75, 3.05) is 20.6 Å². The summed E-state index contributed by atoms with van der Waals surface area (Å²) < 4.78 is 17.0. The van der Waals surface area contributed by atoms with Crippen molar-refractivity contribution in [2.24, 2.45) is 0 Å². The van der Waals surface area contributed by atoms with Crippen LogP contribution in [-0.2, 0) is 4.79 Å². The van der Waals surface area contributed by atoms with Gasteiger partial charge in [-0.15, -0.1) is 0 Å². The second kappa shape index (κ2) is 6.97. The quantitative estimate of drug-likeness (QED) is 0.911. The zero-order valence-corrected chi connectivity index (χ0v) is 14.1. The van der Waals surface area contributed by atoms with Crippen molar-refractivity contribution in [3.63, 3.8) is 0 Å². The van der Waals surface area contributed by atoms with Crippen LogP contribution in [0.4, 0.5) is 0 Å². The third-order valence-electron chi connectivity index (χ3n) is 4.07. The van der Waals surface area contributed by atoms with Gasteiger partial charge in [-0.3, -0.25) is 9.69 Å². The van der Waals surface area contributed by atoms with Gasteiger partial charge in [0, 0.05) is 6.54 Å². The highest BCUT2D eigenvalue weighted by Crippen LogP contribution is 2.33. The summed E-state index contributed by atoms with van der Waals surface area (Å²) in [5.74, 6) is 1.86. The Balaban J connectivity index is 1.64. The van der Waals surface area contributed by atoms with E-state index in [-0.39, 0.29) is 18.1 Å². The Morgan fingerprint density at radius 3 is 2.50 bits per heavy atom. The SMILES string of the molecule is C[C@@H]1Oc2ccccc2O[C@@H]1C(=O)NC[C@H](c1ccco1)N(C)C. The Kier molecular flexibility index (Phi) is 4.76. The molecule has 0 spiro atoms. The molecule has 1 aliphatic rings. The molecule has 128 valence electrons. The van der Waals surface area contributed by atoms with Crippen LogP contribution in [0.15, 0.2) is 47.1 Å². The molecule has 1 amide bonds. The second-order valence-corrected chi connectivity index (χ2v) is 6.05. The molecule has 1 N–H and O–H groups in total. The summed E-state index contributed by atoms with van der Waals surface area (Å²) in [6, 6.07) is 11.1. The fourth-order valence-electron chi connectivity index (χ4n) is 2.72. The van der Waals surface area contributed by atoms with Gasteiger partial charge in [-0.1, -0.05) is 12.1 Å². The highest BCUT2D eigenvalue weighted by molar-refractivity contribution is 5.82. The zero-order valence-electron chi connectivity index (χ0n) is 14.1. The number of hydrogen-bond acceptors (Lipinski definition) is 5. The van der Waals surface area contributed by atoms with Crippen LogP contribution in [0, 0.1) is 0 Å². The summed E-state index contributed by atoms with van der Waals surface area (Å²) >= 11 is 0. The van der Waals surface area contributed by atoms with E-state index in [1.165, 1.54) is 0 Å². The van der Waals surface area contributed by atoms with E-state index in [4.69, 9.17) is 13.9 Å². The second-order valence-electron chi connectivity index (χ2n) is 6.05. The lowest BCUT2D eigenvalue weighted by Gasteiger charge is -2.31. The summed E-state index contributed by atoms with van der Waals surface area (Å²) in [7, 11) is 3.89. The molecule has 24 heavy (non-hydrogen) atoms. The van der Waals surface area contributed by atoms with Gasteiger partial charge in [-0.25, -0.2) is 0 Å². The number of ether oxygens (including phenoxy) is 2. The number of amides is 1. The molecule has 0 saturated heterocycles. The molecule has 0 bridgehead atoms. The predicted molar refractivity (Wildman–Crippen MR) is 89.1 cm³/mol. The molecule has 1 aromatic carbocycles. The van der Waals surface area contributed by atoms with Crippen LogP contribution in [-0.4, -0.2) is 43.7 Å². The molecule has 6 heteroatoms. The summed E-state index contributed by atoms with van der Waals surface area (Å²) in [5.41, 5.74) is 0. The van der Waals surface area contributed by atoms with Crippen LogP contribution >= 0.6 is 0 Å². The monoisotopic (exact) mass is 330 g/mol. The van der Waals surface area contributed by atoms with Gasteiger partial charge in [-0.05, 0) is 45.3 Å². The van der Waals surface area contributed by atoms with Gasteiger partial charge in [0.25, 0.3) is 5.91 Å². The molecule has 0 unspecified atom stereocenters. The van der Waals surface area contributed by atoms with Crippen LogP contribution in [0.1, 0.15) is 18.7 Å². The van der Waals surface area contributed by atoms with E-state index in [0.29, 0.717) is 18.0 Å². The third-order valence-corrected chi connectivity index (χ3v) is 4.07. The molecule has 2 heterocycles. The number of rotatable bonds is 5. The lowest BCUT2D eigenvalue weighted by atomic mass is 10.1. The smallest absolute Gasteiger partial charge is 0.265 e. The maximum Gasteiger partial charge on any atom is 0.265 e. The van der Waals surface area contributed by atoms with Crippen molar-refractivity contribution in [1.82, 2.24) is 10.2 Å². The number of benzene rings is 1. The maximum absolute atomic E-state index is 12.5. The van der Waals surface area contributed by atoms with Crippen LogP contribution in [0.3, 0.4) is 0 Å². The Morgan fingerprint density at radius 2 is 1.88 bits per heavy atom. The topological polar surface area (TPSA) is 63.9 Å². The number of carbonyl (C=O) groups is 1. The number of nitrogens with one attached hydrogen (secondary N) is 1. The molecule has 2 aromatic rings. The minimum absolute atomic E-state index is 0.0453. The minimum atomic E-state index is -0.681. The van der Waals surface area contributed by atoms with Crippen molar-refractivity contribution in [2.45, 2.75) is 25.2 Å². The summed E-state index contributed by atoms with van der Waals surface area (Å²) in [6.45, 7) is 2.25. The number of hydrogen-bond donors (Lipinski definition) is 1. The van der Waals surface area contributed by atoms with Crippen molar-refractivity contribution in [3.8, 4) is 11.5 Å². The van der Waals surface area contributed by atoms with E-state index in [1.54, 1.807) is 12.3 Å². The lowest BCUT2D eigenvalue weighted by molar-refractivity contribution is -0.133. The maximum atomic E-state index is 12.5. The van der Waals surface area contributed by atoms with Gasteiger partial charge < -0.3 is 19.2 Å². The molecule has 3 atom stereocenters. The third kappa shape index (κ3) is 3.38. The Labute approximate surface area is 141 Å². The molecule has 0 radical (unpaired) electrons. The predicted octanol–water partition coefficient (Wildman–Crippen LogP) is 2.23. The zero-order chi connectivity index (χ0) is 17.1. The van der Waals surface area contributed by atoms with E-state index in [1.807, 2.05) is 56.3 Å². The van der Waals surface area contributed by atoms with Gasteiger partial charge >= 0.3 is 0 Å². The van der Waals surface area contributed by atoms with E-state index < -0.39 is 6.10 Å². The average Bonchev–Trinajstić information content (AvgIpc) is 3.08. The Bertz CT molecular complexity index is 684. The number of fused-ring (bicyclic) bond motifs is 1. The van der Waals surface area contributed by atoms with E-state index in [9.17, 15) is 4.79 Å². The summed E-state index contributed by atoms with van der Waals surface area (Å²) in [4.78, 5) is 14.5. The van der Waals surface area contributed by atoms with E-state index >= 15 is 0 Å². The van der Waals surface area contributed by atoms with Crippen LogP contribution in [0.25, 0.3) is 0 Å². The number of nitrogens with zero attached hydrogens (tertiary/aromatic N) is 1. The van der Waals surface area contributed by atoms with E-state index in [2.05, 4.69) is 5.32 Å². The first-order valence-corrected chi connectivity index (χ1v) is 7.96. The molecule has 1 aliphatic heterocycles. The van der Waals surface area contributed by atoms with Gasteiger partial charge in [0.15, 0.2) is 11.5 Å². The summed E-state index contributed by atoms with van der Waals surface area (Å²) in [5, 5.41) is 2.94. The van der Waals surface area contributed by atoms with Crippen LogP contribution in [0.5, 0.6) is 11.5 Å². The molecular weight excluding hydrogens is 308 g/mol. The number of likely N-dealkylation sites (N-methyl/N-ethyl adjacent to an activating group) is 1. The molecule has 0 fully saturated rings. The van der Waals surface area contributed by atoms with Gasteiger partial charge in [0.2, 0.25) is 6.10 Å². The highest BCUT2D eigenvalue weighted by atomic mass is 16.6. The molecule has 3 rings (SSSR count). The number of carbonyl (C=O) groups excluding carboxylic acids is 1. The number of furan rings is 1. The minimum Gasteiger partial charge on any atom is -0.482 e. The normalized spacial score (nSPS) is 20.7. The van der Waals surface area contributed by atoms with Gasteiger partial charge in [0.1, 0.15) is 11.9 Å². The summed E-state index contributed by atoms with van der Waals surface area (Å²) in [6.07, 6.45) is 0.589. The Hall–Kier alpha value is -2.47. The highest BCUT2D eigenvalue weighted by Gasteiger charge is 2.34. The van der Waals surface area contributed by atoms with Gasteiger partial charge in [-0.2, -0.15) is 0 Å². The van der Waals surface area contributed by atoms with E-state index in [0.717, 1.165) is 5.76 Å².